The van der Waals surface area contributed by atoms with Crippen LogP contribution in [0.25, 0.3) is 22.5 Å². The summed E-state index contributed by atoms with van der Waals surface area (Å²) in [7, 11) is 0. The molecule has 8 aromatic rings. The molecular weight excluding hydrogens is 1070 g/mol. The fourth-order valence-corrected chi connectivity index (χ4v) is 7.48. The maximum atomic E-state index is 14.3. The second-order valence-corrected chi connectivity index (χ2v) is 17.0. The van der Waals surface area contributed by atoms with E-state index in [2.05, 4.69) is 72.4 Å². The predicted molar refractivity (Wildman–Crippen MR) is 253 cm³/mol. The van der Waals surface area contributed by atoms with Crippen molar-refractivity contribution in [2.75, 3.05) is 0 Å². The number of nitrogens with zero attached hydrogens (tertiary/aromatic N) is 12. The van der Waals surface area contributed by atoms with E-state index in [4.69, 9.17) is 4.74 Å². The van der Waals surface area contributed by atoms with E-state index in [1.807, 2.05) is 13.8 Å². The van der Waals surface area contributed by atoms with Crippen LogP contribution >= 0.6 is 31.9 Å². The number of halogens is 7. The highest BCUT2D eigenvalue weighted by atomic mass is 79.9. The summed E-state index contributed by atoms with van der Waals surface area (Å²) in [5, 5.41) is 47.6. The Balaban J connectivity index is 0.000000198. The first-order valence-corrected chi connectivity index (χ1v) is 22.7. The Morgan fingerprint density at radius 3 is 1.55 bits per heavy atom. The Labute approximate surface area is 417 Å². The van der Waals surface area contributed by atoms with Crippen LogP contribution in [-0.4, -0.2) is 64.9 Å². The summed E-state index contributed by atoms with van der Waals surface area (Å²) in [6.07, 6.45) is 7.03. The van der Waals surface area contributed by atoms with Crippen molar-refractivity contribution in [1.29, 1.82) is 0 Å². The van der Waals surface area contributed by atoms with E-state index < -0.39 is 62.8 Å². The third kappa shape index (κ3) is 13.8. The maximum absolute atomic E-state index is 14.3. The zero-order valence-corrected chi connectivity index (χ0v) is 40.9. The number of aliphatic hydroxyl groups excluding tert-OH is 1. The van der Waals surface area contributed by atoms with Crippen molar-refractivity contribution >= 4 is 43.5 Å². The largest absolute Gasteiger partial charge is 0.478 e. The van der Waals surface area contributed by atoms with Crippen LogP contribution in [0.1, 0.15) is 73.5 Å². The number of rotatable bonds is 14. The lowest BCUT2D eigenvalue weighted by molar-refractivity contribution is -0.392. The molecule has 6 aromatic heterocycles. The molecule has 0 amide bonds. The van der Waals surface area contributed by atoms with Crippen LogP contribution in [0.2, 0.25) is 0 Å². The fourth-order valence-electron chi connectivity index (χ4n) is 6.87. The number of ether oxygens (including phenoxy) is 1. The lowest BCUT2D eigenvalue weighted by Gasteiger charge is -2.19. The molecule has 18 nitrogen and oxygen atoms in total. The second-order valence-electron chi connectivity index (χ2n) is 15.2. The highest BCUT2D eigenvalue weighted by molar-refractivity contribution is 9.10. The lowest BCUT2D eigenvalue weighted by Crippen LogP contribution is -2.09. The van der Waals surface area contributed by atoms with Gasteiger partial charge in [-0.2, -0.15) is 4.39 Å². The van der Waals surface area contributed by atoms with Gasteiger partial charge in [0.1, 0.15) is 29.4 Å². The fraction of sp³-hybridized carbons (Fsp3) is 0.217. The minimum absolute atomic E-state index is 0.0874. The first-order valence-electron chi connectivity index (χ1n) is 21.1. The van der Waals surface area contributed by atoms with Gasteiger partial charge in [-0.1, -0.05) is 10.4 Å². The van der Waals surface area contributed by atoms with Gasteiger partial charge >= 0.3 is 11.6 Å². The molecule has 0 spiro atoms. The van der Waals surface area contributed by atoms with E-state index in [0.717, 1.165) is 18.5 Å². The van der Waals surface area contributed by atoms with Crippen LogP contribution in [0.5, 0.6) is 5.75 Å². The van der Waals surface area contributed by atoms with Gasteiger partial charge < -0.3 is 30.1 Å². The standard InChI is InChI=1S/C23H19BrF2N6O3.C18H18F2N4O.C5H2BrFN2O2/c1-3-31-12-18(29-30-31)7-14-6-17(26)11-27-22(14)19-5-4-16(25)9-20(19)13(2)35-21-8-15(24)10-28-23(21)32(33)34;1-3-24-10-15(22-23-24)7-12-6-14(20)9-21-18(12)16-5-4-13(19)8-17(16)11(2)25;6-3-1-4(7)5(8-2-3)9(10)11/h4-6,8-13H,3,7H2,1-2H3;4-6,8-11,25H,3,7H2,1-2H3;1-2H. The topological polar surface area (TPSA) is 229 Å². The van der Waals surface area contributed by atoms with Crippen molar-refractivity contribution in [2.24, 2.45) is 0 Å². The molecule has 0 radical (unpaired) electrons. The molecule has 8 rings (SSSR count). The van der Waals surface area contributed by atoms with Gasteiger partial charge in [-0.15, -0.1) is 10.2 Å². The summed E-state index contributed by atoms with van der Waals surface area (Å²) in [5.41, 5.74) is 5.12. The van der Waals surface area contributed by atoms with Gasteiger partial charge in [-0.3, -0.25) is 19.3 Å². The quantitative estimate of drug-likeness (QED) is 0.0607. The van der Waals surface area contributed by atoms with Crippen LogP contribution in [0.3, 0.4) is 0 Å². The molecule has 0 aliphatic heterocycles. The molecule has 0 aliphatic carbocycles. The Kier molecular flexibility index (Phi) is 17.8. The first kappa shape index (κ1) is 52.9. The molecule has 25 heteroatoms. The predicted octanol–water partition coefficient (Wildman–Crippen LogP) is 10.6. The summed E-state index contributed by atoms with van der Waals surface area (Å²) < 4.78 is 78.4. The molecule has 0 saturated heterocycles. The zero-order valence-electron chi connectivity index (χ0n) is 37.7. The molecule has 2 unspecified atom stereocenters. The average molecular weight is 1110 g/mol. The molecule has 0 saturated carbocycles. The van der Waals surface area contributed by atoms with Crippen molar-refractivity contribution in [2.45, 2.75) is 65.8 Å². The Morgan fingerprint density at radius 2 is 1.10 bits per heavy atom. The number of aryl methyl sites for hydroxylation is 2. The lowest BCUT2D eigenvalue weighted by atomic mass is 9.95. The molecule has 0 fully saturated rings. The van der Waals surface area contributed by atoms with E-state index in [-0.39, 0.29) is 12.2 Å². The molecule has 2 aromatic carbocycles. The molecule has 2 atom stereocenters. The van der Waals surface area contributed by atoms with Crippen LogP contribution in [-0.2, 0) is 25.9 Å². The van der Waals surface area contributed by atoms with E-state index in [9.17, 15) is 47.3 Å². The smallest absolute Gasteiger partial charge is 0.406 e. The number of hydrogen-bond acceptors (Lipinski definition) is 14. The SMILES string of the molecule is CCn1cc(Cc2cc(F)cnc2-c2ccc(F)cc2C(C)O)nn1.CCn1cc(Cc2cc(F)cnc2-c2ccc(F)cc2C(C)Oc2cc(Br)cnc2[N+](=O)[O-])nn1.O=[N+]([O-])c1ncc(Br)cc1F. The van der Waals surface area contributed by atoms with Crippen LogP contribution in [0.4, 0.5) is 33.6 Å². The normalized spacial score (nSPS) is 11.7. The number of nitro groups is 2. The molecular formula is C46H39Br2F5N12O6. The van der Waals surface area contributed by atoms with Gasteiger partial charge in [0.15, 0.2) is 12.4 Å². The Morgan fingerprint density at radius 1 is 0.634 bits per heavy atom. The van der Waals surface area contributed by atoms with Gasteiger partial charge in [0.2, 0.25) is 11.6 Å². The third-order valence-corrected chi connectivity index (χ3v) is 11.0. The minimum atomic E-state index is -0.940. The van der Waals surface area contributed by atoms with Crippen LogP contribution < -0.4 is 4.74 Å². The monoisotopic (exact) mass is 1110 g/mol. The van der Waals surface area contributed by atoms with Crippen LogP contribution in [0.15, 0.2) is 107 Å². The van der Waals surface area contributed by atoms with Crippen molar-refractivity contribution in [3.8, 4) is 28.3 Å². The van der Waals surface area contributed by atoms with Gasteiger partial charge in [0.25, 0.3) is 0 Å². The zero-order chi connectivity index (χ0) is 51.5. The third-order valence-electron chi connectivity index (χ3n) is 10.1. The van der Waals surface area contributed by atoms with Crippen molar-refractivity contribution in [1.82, 2.24) is 49.9 Å². The first-order chi connectivity index (χ1) is 33.8. The summed E-state index contributed by atoms with van der Waals surface area (Å²) in [5.74, 6) is -4.24. The maximum Gasteiger partial charge on any atom is 0.406 e. The molecule has 0 aliphatic rings. The number of benzene rings is 2. The number of aliphatic hydroxyl groups is 1. The van der Waals surface area contributed by atoms with Crippen molar-refractivity contribution < 1.29 is 41.6 Å². The molecule has 368 valence electrons. The highest BCUT2D eigenvalue weighted by Gasteiger charge is 2.25. The summed E-state index contributed by atoms with van der Waals surface area (Å²) in [6, 6.07) is 13.3. The molecule has 6 heterocycles. The van der Waals surface area contributed by atoms with E-state index in [1.54, 1.807) is 41.7 Å². The Hall–Kier alpha value is -7.51. The van der Waals surface area contributed by atoms with Gasteiger partial charge in [-0.25, -0.2) is 17.6 Å². The van der Waals surface area contributed by atoms with E-state index >= 15 is 0 Å². The number of aromatic nitrogens is 10. The second kappa shape index (κ2) is 23.9. The number of hydrogen-bond donors (Lipinski definition) is 1. The molecule has 71 heavy (non-hydrogen) atoms. The minimum Gasteiger partial charge on any atom is -0.478 e. The molecule has 0 bridgehead atoms. The molecule has 1 N–H and O–H groups in total. The van der Waals surface area contributed by atoms with E-state index in [1.165, 1.54) is 60.9 Å². The van der Waals surface area contributed by atoms with Crippen molar-refractivity contribution in [3.05, 3.63) is 190 Å². The summed E-state index contributed by atoms with van der Waals surface area (Å²) >= 11 is 6.15. The van der Waals surface area contributed by atoms with Gasteiger partial charge in [0.05, 0.1) is 50.2 Å². The van der Waals surface area contributed by atoms with Gasteiger partial charge in [0, 0.05) is 67.1 Å². The highest BCUT2D eigenvalue weighted by Crippen LogP contribution is 2.37. The average Bonchev–Trinajstić information content (AvgIpc) is 3.99. The summed E-state index contributed by atoms with van der Waals surface area (Å²) in [6.45, 7) is 8.36. The Bertz CT molecular complexity index is 3200. The van der Waals surface area contributed by atoms with E-state index in [0.29, 0.717) is 84.6 Å². The van der Waals surface area contributed by atoms with Crippen molar-refractivity contribution in [3.63, 3.8) is 0 Å². The van der Waals surface area contributed by atoms with Crippen LogP contribution in [0, 0.1) is 49.3 Å². The summed E-state index contributed by atoms with van der Waals surface area (Å²) in [4.78, 5) is 35.4. The van der Waals surface area contributed by atoms with Gasteiger partial charge in [-0.05, 0) is 145 Å². The number of pyridine rings is 4.